The van der Waals surface area contributed by atoms with Crippen LogP contribution in [0.4, 0.5) is 5.69 Å². The van der Waals surface area contributed by atoms with Crippen LogP contribution in [0.5, 0.6) is 0 Å². The minimum absolute atomic E-state index is 0.0394. The summed E-state index contributed by atoms with van der Waals surface area (Å²) in [6.45, 7) is 0. The van der Waals surface area contributed by atoms with Crippen LogP contribution in [-0.2, 0) is 0 Å². The van der Waals surface area contributed by atoms with Gasteiger partial charge < -0.3 is 10.6 Å². The quantitative estimate of drug-likeness (QED) is 0.835. The molecule has 5 heteroatoms. The van der Waals surface area contributed by atoms with Gasteiger partial charge in [0.1, 0.15) is 17.7 Å². The van der Waals surface area contributed by atoms with Gasteiger partial charge in [-0.1, -0.05) is 31.4 Å². The molecule has 1 fully saturated rings. The number of allylic oxidation sites excluding steroid dienone is 1. The van der Waals surface area contributed by atoms with Gasteiger partial charge >= 0.3 is 0 Å². The number of hydrogen-bond acceptors (Lipinski definition) is 4. The van der Waals surface area contributed by atoms with Crippen molar-refractivity contribution in [3.8, 4) is 12.1 Å². The normalized spacial score (nSPS) is 14.3. The number of nitrogens with one attached hydrogen (secondary N) is 2. The Morgan fingerprint density at radius 1 is 1.14 bits per heavy atom. The Kier molecular flexibility index (Phi) is 5.57. The number of benzene rings is 1. The molecular weight excluding hydrogens is 276 g/mol. The Bertz CT molecular complexity index is 629. The van der Waals surface area contributed by atoms with E-state index in [1.54, 1.807) is 36.4 Å². The van der Waals surface area contributed by atoms with E-state index in [4.69, 9.17) is 10.5 Å². The van der Waals surface area contributed by atoms with E-state index < -0.39 is 0 Å². The molecule has 1 amide bonds. The zero-order chi connectivity index (χ0) is 15.8. The summed E-state index contributed by atoms with van der Waals surface area (Å²) < 4.78 is 0. The molecule has 0 aromatic heterocycles. The van der Waals surface area contributed by atoms with Crippen molar-refractivity contribution in [2.24, 2.45) is 0 Å². The molecule has 1 aliphatic carbocycles. The molecule has 1 aromatic rings. The fraction of sp³-hybridized carbons (Fsp3) is 0.353. The lowest BCUT2D eigenvalue weighted by Crippen LogP contribution is -2.36. The first-order valence-electron chi connectivity index (χ1n) is 7.41. The molecule has 0 spiro atoms. The van der Waals surface area contributed by atoms with Crippen molar-refractivity contribution < 1.29 is 4.79 Å². The van der Waals surface area contributed by atoms with Crippen LogP contribution < -0.4 is 10.6 Å². The van der Waals surface area contributed by atoms with Crippen LogP contribution in [0.2, 0.25) is 0 Å². The molecule has 1 saturated carbocycles. The van der Waals surface area contributed by atoms with E-state index >= 15 is 0 Å². The molecule has 2 N–H and O–H groups in total. The van der Waals surface area contributed by atoms with E-state index in [2.05, 4.69) is 10.6 Å². The molecule has 1 aliphatic rings. The molecule has 22 heavy (non-hydrogen) atoms. The maximum Gasteiger partial charge on any atom is 0.253 e. The molecule has 0 unspecified atom stereocenters. The number of para-hydroxylation sites is 1. The van der Waals surface area contributed by atoms with Crippen LogP contribution in [0.1, 0.15) is 42.5 Å². The summed E-state index contributed by atoms with van der Waals surface area (Å²) in [5.74, 6) is -0.126. The Balaban J connectivity index is 2.10. The summed E-state index contributed by atoms with van der Waals surface area (Å²) in [7, 11) is 0. The summed E-state index contributed by atoms with van der Waals surface area (Å²) in [6, 6.07) is 10.8. The van der Waals surface area contributed by atoms with E-state index in [9.17, 15) is 4.79 Å². The molecule has 0 bridgehead atoms. The lowest BCUT2D eigenvalue weighted by atomic mass is 9.95. The highest BCUT2D eigenvalue weighted by molar-refractivity contribution is 5.99. The number of carbonyl (C=O) groups is 1. The molecule has 112 valence electrons. The van der Waals surface area contributed by atoms with Gasteiger partial charge in [0.2, 0.25) is 0 Å². The second kappa shape index (κ2) is 7.85. The standard InChI is InChI=1S/C17H18N4O/c18-10-13(11-19)12-20-16-9-5-4-8-15(16)17(22)21-14-6-2-1-3-7-14/h4-5,8-9,12,14,20H,1-3,6-7H2,(H,21,22). The second-order valence-electron chi connectivity index (χ2n) is 5.28. The highest BCUT2D eigenvalue weighted by Gasteiger charge is 2.18. The van der Waals surface area contributed by atoms with Gasteiger partial charge in [-0.25, -0.2) is 0 Å². The maximum absolute atomic E-state index is 12.4. The average Bonchev–Trinajstić information content (AvgIpc) is 2.57. The second-order valence-corrected chi connectivity index (χ2v) is 5.28. The van der Waals surface area contributed by atoms with Crippen LogP contribution in [0.15, 0.2) is 36.0 Å². The fourth-order valence-electron chi connectivity index (χ4n) is 2.56. The van der Waals surface area contributed by atoms with Crippen molar-refractivity contribution >= 4 is 11.6 Å². The van der Waals surface area contributed by atoms with Crippen molar-refractivity contribution in [2.75, 3.05) is 5.32 Å². The van der Waals surface area contributed by atoms with Gasteiger partial charge in [0.25, 0.3) is 5.91 Å². The molecule has 5 nitrogen and oxygen atoms in total. The van der Waals surface area contributed by atoms with Crippen LogP contribution in [0, 0.1) is 22.7 Å². The van der Waals surface area contributed by atoms with Gasteiger partial charge in [-0.15, -0.1) is 0 Å². The first-order valence-corrected chi connectivity index (χ1v) is 7.41. The van der Waals surface area contributed by atoms with Gasteiger partial charge in [0.15, 0.2) is 0 Å². The minimum Gasteiger partial charge on any atom is -0.359 e. The summed E-state index contributed by atoms with van der Waals surface area (Å²) in [4.78, 5) is 12.4. The van der Waals surface area contributed by atoms with Gasteiger partial charge in [0, 0.05) is 12.2 Å². The van der Waals surface area contributed by atoms with Gasteiger partial charge in [-0.05, 0) is 25.0 Å². The van der Waals surface area contributed by atoms with Crippen LogP contribution in [0.3, 0.4) is 0 Å². The minimum atomic E-state index is -0.126. The maximum atomic E-state index is 12.4. The molecule has 1 aromatic carbocycles. The smallest absolute Gasteiger partial charge is 0.253 e. The van der Waals surface area contributed by atoms with Crippen molar-refractivity contribution in [1.29, 1.82) is 10.5 Å². The molecule has 0 heterocycles. The molecular formula is C17H18N4O. The van der Waals surface area contributed by atoms with Crippen LogP contribution >= 0.6 is 0 Å². The van der Waals surface area contributed by atoms with Crippen molar-refractivity contribution in [3.63, 3.8) is 0 Å². The number of amides is 1. The highest BCUT2D eigenvalue weighted by atomic mass is 16.1. The monoisotopic (exact) mass is 294 g/mol. The van der Waals surface area contributed by atoms with E-state index in [1.807, 2.05) is 0 Å². The van der Waals surface area contributed by atoms with Crippen molar-refractivity contribution in [1.82, 2.24) is 5.32 Å². The number of carbonyl (C=O) groups excluding carboxylic acids is 1. The summed E-state index contributed by atoms with van der Waals surface area (Å²) >= 11 is 0. The third-order valence-electron chi connectivity index (χ3n) is 3.72. The first kappa shape index (κ1) is 15.6. The van der Waals surface area contributed by atoms with E-state index in [-0.39, 0.29) is 17.5 Å². The number of nitriles is 2. The summed E-state index contributed by atoms with van der Waals surface area (Å²) in [5, 5.41) is 23.4. The lowest BCUT2D eigenvalue weighted by Gasteiger charge is -2.23. The van der Waals surface area contributed by atoms with Gasteiger partial charge in [-0.3, -0.25) is 4.79 Å². The predicted molar refractivity (Wildman–Crippen MR) is 83.7 cm³/mol. The molecule has 0 radical (unpaired) electrons. The van der Waals surface area contributed by atoms with Crippen LogP contribution in [0.25, 0.3) is 0 Å². The van der Waals surface area contributed by atoms with Gasteiger partial charge in [-0.2, -0.15) is 10.5 Å². The zero-order valence-electron chi connectivity index (χ0n) is 12.3. The Morgan fingerprint density at radius 3 is 2.50 bits per heavy atom. The topological polar surface area (TPSA) is 88.7 Å². The zero-order valence-corrected chi connectivity index (χ0v) is 12.3. The average molecular weight is 294 g/mol. The van der Waals surface area contributed by atoms with Gasteiger partial charge in [0.05, 0.1) is 11.3 Å². The third kappa shape index (κ3) is 4.10. The molecule has 0 atom stereocenters. The fourth-order valence-corrected chi connectivity index (χ4v) is 2.56. The van der Waals surface area contributed by atoms with Crippen molar-refractivity contribution in [3.05, 3.63) is 41.6 Å². The SMILES string of the molecule is N#CC(C#N)=CNc1ccccc1C(=O)NC1CCCCC1. The number of anilines is 1. The summed E-state index contributed by atoms with van der Waals surface area (Å²) in [6.07, 6.45) is 6.90. The Hall–Kier alpha value is -2.79. The Labute approximate surface area is 130 Å². The number of nitrogens with zero attached hydrogens (tertiary/aromatic N) is 2. The Morgan fingerprint density at radius 2 is 1.82 bits per heavy atom. The predicted octanol–water partition coefficient (Wildman–Crippen LogP) is 3.09. The number of rotatable bonds is 4. The number of hydrogen-bond donors (Lipinski definition) is 2. The molecule has 0 aliphatic heterocycles. The van der Waals surface area contributed by atoms with E-state index in [0.717, 1.165) is 25.7 Å². The van der Waals surface area contributed by atoms with E-state index in [0.29, 0.717) is 11.3 Å². The largest absolute Gasteiger partial charge is 0.359 e. The first-order chi connectivity index (χ1) is 10.7. The van der Waals surface area contributed by atoms with Crippen LogP contribution in [-0.4, -0.2) is 11.9 Å². The lowest BCUT2D eigenvalue weighted by molar-refractivity contribution is 0.0928. The summed E-state index contributed by atoms with van der Waals surface area (Å²) in [5.41, 5.74) is 1.06. The highest BCUT2D eigenvalue weighted by Crippen LogP contribution is 2.20. The molecule has 2 rings (SSSR count). The molecule has 0 saturated heterocycles. The van der Waals surface area contributed by atoms with Crippen molar-refractivity contribution in [2.45, 2.75) is 38.1 Å². The van der Waals surface area contributed by atoms with E-state index in [1.165, 1.54) is 12.6 Å². The third-order valence-corrected chi connectivity index (χ3v) is 3.72.